The van der Waals surface area contributed by atoms with Crippen LogP contribution in [0.2, 0.25) is 0 Å². The maximum atomic E-state index is 5.49. The van der Waals surface area contributed by atoms with Gasteiger partial charge >= 0.3 is 0 Å². The smallest absolute Gasteiger partial charge is 0.129 e. The van der Waals surface area contributed by atoms with Crippen molar-refractivity contribution in [3.8, 4) is 11.3 Å². The second-order valence-corrected chi connectivity index (χ2v) is 7.13. The lowest BCUT2D eigenvalue weighted by atomic mass is 10.00. The summed E-state index contributed by atoms with van der Waals surface area (Å²) < 4.78 is 5.49. The molecule has 2 aliphatic rings. The van der Waals surface area contributed by atoms with Crippen molar-refractivity contribution < 1.29 is 4.74 Å². The summed E-state index contributed by atoms with van der Waals surface area (Å²) in [5, 5.41) is 0. The van der Waals surface area contributed by atoms with Gasteiger partial charge in [-0.3, -0.25) is 15.0 Å². The van der Waals surface area contributed by atoms with E-state index < -0.39 is 0 Å². The van der Waals surface area contributed by atoms with E-state index in [2.05, 4.69) is 32.0 Å². The summed E-state index contributed by atoms with van der Waals surface area (Å²) in [6.07, 6.45) is 8.73. The molecule has 6 heteroatoms. The van der Waals surface area contributed by atoms with E-state index in [1.165, 1.54) is 0 Å². The average molecular weight is 371 g/mol. The fraction of sp³-hybridized carbons (Fsp3) is 0.273. The number of nitrogens with zero attached hydrogens (tertiary/aromatic N) is 5. The summed E-state index contributed by atoms with van der Waals surface area (Å²) in [4.78, 5) is 20.5. The van der Waals surface area contributed by atoms with E-state index in [0.717, 1.165) is 59.0 Å². The minimum atomic E-state index is 0.281. The maximum absolute atomic E-state index is 5.49. The lowest BCUT2D eigenvalue weighted by molar-refractivity contribution is 0.121. The lowest BCUT2D eigenvalue weighted by Crippen LogP contribution is -2.23. The zero-order valence-electron chi connectivity index (χ0n) is 15.7. The first kappa shape index (κ1) is 17.0. The number of anilines is 1. The molecule has 0 spiro atoms. The van der Waals surface area contributed by atoms with E-state index in [4.69, 9.17) is 9.73 Å². The number of pyridine rings is 3. The highest BCUT2D eigenvalue weighted by atomic mass is 16.5. The first-order valence-corrected chi connectivity index (χ1v) is 9.50. The molecule has 3 aromatic heterocycles. The molecule has 0 unspecified atom stereocenters. The Kier molecular flexibility index (Phi) is 4.33. The van der Waals surface area contributed by atoms with Crippen LogP contribution in [0.15, 0.2) is 60.1 Å². The monoisotopic (exact) mass is 371 g/mol. The van der Waals surface area contributed by atoms with E-state index in [1.807, 2.05) is 36.8 Å². The van der Waals surface area contributed by atoms with Gasteiger partial charge in [0.15, 0.2) is 0 Å². The van der Waals surface area contributed by atoms with Gasteiger partial charge in [0.25, 0.3) is 0 Å². The van der Waals surface area contributed by atoms with Gasteiger partial charge in [-0.1, -0.05) is 0 Å². The molecule has 0 bridgehead atoms. The molecule has 6 nitrogen and oxygen atoms in total. The molecule has 0 aromatic carbocycles. The van der Waals surface area contributed by atoms with Gasteiger partial charge < -0.3 is 9.64 Å². The Morgan fingerprint density at radius 1 is 1.07 bits per heavy atom. The van der Waals surface area contributed by atoms with Crippen molar-refractivity contribution in [2.24, 2.45) is 4.99 Å². The first-order chi connectivity index (χ1) is 13.8. The molecule has 5 rings (SSSR count). The topological polar surface area (TPSA) is 63.5 Å². The van der Waals surface area contributed by atoms with E-state index >= 15 is 0 Å². The fourth-order valence-electron chi connectivity index (χ4n) is 3.87. The Morgan fingerprint density at radius 2 is 2.04 bits per heavy atom. The van der Waals surface area contributed by atoms with E-state index in [0.29, 0.717) is 6.54 Å². The molecular formula is C22H21N5O. The summed E-state index contributed by atoms with van der Waals surface area (Å²) in [5.41, 5.74) is 6.32. The van der Waals surface area contributed by atoms with Gasteiger partial charge in [0.2, 0.25) is 0 Å². The third-order valence-electron chi connectivity index (χ3n) is 5.43. The molecule has 2 aliphatic heterocycles. The molecule has 0 saturated carbocycles. The predicted molar refractivity (Wildman–Crippen MR) is 109 cm³/mol. The maximum Gasteiger partial charge on any atom is 0.129 e. The van der Waals surface area contributed by atoms with Gasteiger partial charge in [-0.2, -0.15) is 0 Å². The number of methoxy groups -OCH3 is 1. The molecule has 5 heterocycles. The molecule has 0 N–H and O–H groups in total. The molecule has 0 aliphatic carbocycles. The largest absolute Gasteiger partial charge is 0.380 e. The van der Waals surface area contributed by atoms with Crippen LogP contribution in [-0.4, -0.2) is 47.0 Å². The van der Waals surface area contributed by atoms with Gasteiger partial charge in [0.1, 0.15) is 5.82 Å². The standard InChI is InChI=1S/C22H21N5O/c1-28-18-5-8-27(14-18)21-9-15(4-7-24-21)22-19-10-20(16-3-2-6-23-11-16)25-12-17(19)13-26-22/h2-4,6-7,9-12,18H,5,8,13-14H2,1H3/t18-/m1/s1. The summed E-state index contributed by atoms with van der Waals surface area (Å²) >= 11 is 0. The number of aliphatic imine (C=N–C) groups is 1. The molecular weight excluding hydrogens is 350 g/mol. The zero-order chi connectivity index (χ0) is 18.9. The Bertz CT molecular complexity index is 1030. The van der Waals surface area contributed by atoms with Crippen LogP contribution in [-0.2, 0) is 11.3 Å². The lowest BCUT2D eigenvalue weighted by Gasteiger charge is -2.18. The molecule has 3 aromatic rings. The van der Waals surface area contributed by atoms with Gasteiger partial charge in [0.05, 0.1) is 24.1 Å². The summed E-state index contributed by atoms with van der Waals surface area (Å²) in [6.45, 7) is 2.51. The third-order valence-corrected chi connectivity index (χ3v) is 5.43. The van der Waals surface area contributed by atoms with Gasteiger partial charge in [-0.15, -0.1) is 0 Å². The SMILES string of the molecule is CO[C@@H]1CCN(c2cc(C3=NCc4cnc(-c5cccnc5)cc43)ccn2)C1. The zero-order valence-corrected chi connectivity index (χ0v) is 15.7. The number of rotatable bonds is 4. The minimum absolute atomic E-state index is 0.281. The Hall–Kier alpha value is -3.12. The van der Waals surface area contributed by atoms with Crippen LogP contribution in [0.5, 0.6) is 0 Å². The normalized spacial score (nSPS) is 18.2. The van der Waals surface area contributed by atoms with Crippen molar-refractivity contribution >= 4 is 11.5 Å². The van der Waals surface area contributed by atoms with Gasteiger partial charge in [-0.05, 0) is 36.8 Å². The van der Waals surface area contributed by atoms with Crippen LogP contribution in [0.25, 0.3) is 11.3 Å². The summed E-state index contributed by atoms with van der Waals surface area (Å²) in [5.74, 6) is 0.981. The van der Waals surface area contributed by atoms with Crippen LogP contribution in [0, 0.1) is 0 Å². The molecule has 1 saturated heterocycles. The quantitative estimate of drug-likeness (QED) is 0.705. The van der Waals surface area contributed by atoms with E-state index in [1.54, 1.807) is 13.3 Å². The summed E-state index contributed by atoms with van der Waals surface area (Å²) in [7, 11) is 1.77. The number of fused-ring (bicyclic) bond motifs is 1. The van der Waals surface area contributed by atoms with Gasteiger partial charge in [0, 0.05) is 67.2 Å². The van der Waals surface area contributed by atoms with Gasteiger partial charge in [-0.25, -0.2) is 4.98 Å². The second-order valence-electron chi connectivity index (χ2n) is 7.13. The van der Waals surface area contributed by atoms with Crippen LogP contribution in [0.1, 0.15) is 23.1 Å². The highest BCUT2D eigenvalue weighted by Crippen LogP contribution is 2.28. The minimum Gasteiger partial charge on any atom is -0.380 e. The van der Waals surface area contributed by atoms with Crippen molar-refractivity contribution in [3.63, 3.8) is 0 Å². The number of aromatic nitrogens is 3. The molecule has 1 atom stereocenters. The van der Waals surface area contributed by atoms with Crippen molar-refractivity contribution in [2.45, 2.75) is 19.1 Å². The van der Waals surface area contributed by atoms with Crippen molar-refractivity contribution in [3.05, 3.63) is 71.8 Å². The van der Waals surface area contributed by atoms with Crippen LogP contribution in [0.3, 0.4) is 0 Å². The van der Waals surface area contributed by atoms with E-state index in [-0.39, 0.29) is 6.10 Å². The summed E-state index contributed by atoms with van der Waals surface area (Å²) in [6, 6.07) is 10.2. The Balaban J connectivity index is 1.47. The molecule has 1 fully saturated rings. The molecule has 140 valence electrons. The highest BCUT2D eigenvalue weighted by Gasteiger charge is 2.24. The Morgan fingerprint density at radius 3 is 2.86 bits per heavy atom. The van der Waals surface area contributed by atoms with Crippen molar-refractivity contribution in [2.75, 3.05) is 25.1 Å². The number of hydrogen-bond donors (Lipinski definition) is 0. The fourth-order valence-corrected chi connectivity index (χ4v) is 3.87. The second kappa shape index (κ2) is 7.13. The first-order valence-electron chi connectivity index (χ1n) is 9.50. The number of hydrogen-bond acceptors (Lipinski definition) is 6. The predicted octanol–water partition coefficient (Wildman–Crippen LogP) is 3.11. The van der Waals surface area contributed by atoms with Crippen molar-refractivity contribution in [1.82, 2.24) is 15.0 Å². The molecule has 28 heavy (non-hydrogen) atoms. The van der Waals surface area contributed by atoms with Crippen molar-refractivity contribution in [1.29, 1.82) is 0 Å². The highest BCUT2D eigenvalue weighted by molar-refractivity contribution is 6.15. The molecule has 0 amide bonds. The van der Waals surface area contributed by atoms with Crippen LogP contribution < -0.4 is 4.90 Å². The average Bonchev–Trinajstić information content (AvgIpc) is 3.41. The third kappa shape index (κ3) is 3.05. The van der Waals surface area contributed by atoms with E-state index in [9.17, 15) is 0 Å². The molecule has 0 radical (unpaired) electrons. The van der Waals surface area contributed by atoms with Crippen LogP contribution >= 0.6 is 0 Å². The number of ether oxygens (including phenoxy) is 1. The van der Waals surface area contributed by atoms with Crippen LogP contribution in [0.4, 0.5) is 5.82 Å². The Labute approximate surface area is 164 Å².